The van der Waals surface area contributed by atoms with Crippen molar-refractivity contribution >= 4 is 60.9 Å². The van der Waals surface area contributed by atoms with Gasteiger partial charge >= 0.3 is 0 Å². The number of amides is 1. The van der Waals surface area contributed by atoms with Crippen molar-refractivity contribution in [2.24, 2.45) is 0 Å². The quantitative estimate of drug-likeness (QED) is 0.472. The molecule has 0 fully saturated rings. The lowest BCUT2D eigenvalue weighted by Gasteiger charge is -2.04. The highest BCUT2D eigenvalue weighted by Gasteiger charge is 2.11. The third kappa shape index (κ3) is 3.96. The van der Waals surface area contributed by atoms with E-state index in [9.17, 15) is 4.79 Å². The van der Waals surface area contributed by atoms with Crippen LogP contribution in [0.2, 0.25) is 0 Å². The van der Waals surface area contributed by atoms with Gasteiger partial charge in [-0.15, -0.1) is 11.3 Å². The molecule has 24 heavy (non-hydrogen) atoms. The number of rotatable bonds is 4. The molecule has 0 saturated carbocycles. The largest absolute Gasteiger partial charge is 0.496 e. The number of aromatic nitrogens is 1. The van der Waals surface area contributed by atoms with E-state index in [1.807, 2.05) is 35.7 Å². The zero-order chi connectivity index (χ0) is 17.1. The number of hydrogen-bond acceptors (Lipinski definition) is 4. The second-order valence-corrected chi connectivity index (χ2v) is 7.81. The second-order valence-electron chi connectivity index (χ2n) is 4.85. The van der Waals surface area contributed by atoms with E-state index in [4.69, 9.17) is 4.74 Å². The molecular weight excluding hydrogens is 503 g/mol. The van der Waals surface area contributed by atoms with Crippen LogP contribution in [0.15, 0.2) is 52.3 Å². The molecule has 0 radical (unpaired) electrons. The summed E-state index contributed by atoms with van der Waals surface area (Å²) < 4.78 is 7.18. The molecule has 1 N–H and O–H groups in total. The van der Waals surface area contributed by atoms with E-state index >= 15 is 0 Å². The first kappa shape index (κ1) is 17.4. The molecule has 0 aliphatic carbocycles. The number of benzene rings is 2. The molecule has 0 aliphatic rings. The van der Waals surface area contributed by atoms with E-state index < -0.39 is 0 Å². The molecule has 7 heteroatoms. The minimum absolute atomic E-state index is 0.164. The van der Waals surface area contributed by atoms with Crippen molar-refractivity contribution in [3.63, 3.8) is 0 Å². The molecular formula is C17H12BrIN2O2S. The van der Waals surface area contributed by atoms with E-state index in [2.05, 4.69) is 48.8 Å². The van der Waals surface area contributed by atoms with Gasteiger partial charge in [0.15, 0.2) is 5.13 Å². The number of methoxy groups -OCH3 is 1. The Morgan fingerprint density at radius 1 is 1.25 bits per heavy atom. The number of ether oxygens (including phenoxy) is 1. The van der Waals surface area contributed by atoms with Crippen LogP contribution in [0.3, 0.4) is 0 Å². The lowest BCUT2D eigenvalue weighted by Crippen LogP contribution is -2.11. The van der Waals surface area contributed by atoms with E-state index in [-0.39, 0.29) is 5.91 Å². The average Bonchev–Trinajstić information content (AvgIpc) is 3.04. The summed E-state index contributed by atoms with van der Waals surface area (Å²) in [6, 6.07) is 13.2. The molecule has 4 nitrogen and oxygen atoms in total. The van der Waals surface area contributed by atoms with Crippen LogP contribution in [0.1, 0.15) is 10.4 Å². The van der Waals surface area contributed by atoms with Gasteiger partial charge < -0.3 is 4.74 Å². The predicted molar refractivity (Wildman–Crippen MR) is 109 cm³/mol. The van der Waals surface area contributed by atoms with Gasteiger partial charge in [0.1, 0.15) is 5.75 Å². The maximum absolute atomic E-state index is 12.2. The lowest BCUT2D eigenvalue weighted by molar-refractivity contribution is 0.102. The van der Waals surface area contributed by atoms with Crippen LogP contribution in [0, 0.1) is 3.57 Å². The van der Waals surface area contributed by atoms with Gasteiger partial charge in [-0.25, -0.2) is 4.98 Å². The van der Waals surface area contributed by atoms with Crippen LogP contribution in [0.25, 0.3) is 11.3 Å². The van der Waals surface area contributed by atoms with Gasteiger partial charge in [0, 0.05) is 20.1 Å². The van der Waals surface area contributed by atoms with Gasteiger partial charge in [-0.2, -0.15) is 0 Å². The Bertz CT molecular complexity index is 881. The van der Waals surface area contributed by atoms with Gasteiger partial charge in [-0.3, -0.25) is 10.1 Å². The number of nitrogens with zero attached hydrogens (tertiary/aromatic N) is 1. The summed E-state index contributed by atoms with van der Waals surface area (Å²) in [5.41, 5.74) is 2.37. The Labute approximate surface area is 165 Å². The number of nitrogens with one attached hydrogen (secondary N) is 1. The number of anilines is 1. The van der Waals surface area contributed by atoms with E-state index in [0.717, 1.165) is 25.0 Å². The molecule has 0 bridgehead atoms. The first-order valence-electron chi connectivity index (χ1n) is 6.93. The van der Waals surface area contributed by atoms with Crippen molar-refractivity contribution in [2.45, 2.75) is 0 Å². The third-order valence-electron chi connectivity index (χ3n) is 3.28. The van der Waals surface area contributed by atoms with Crippen molar-refractivity contribution in [3.8, 4) is 17.0 Å². The fourth-order valence-electron chi connectivity index (χ4n) is 2.06. The normalized spacial score (nSPS) is 10.5. The fraction of sp³-hybridized carbons (Fsp3) is 0.0588. The van der Waals surface area contributed by atoms with Crippen LogP contribution in [-0.4, -0.2) is 18.0 Å². The predicted octanol–water partition coefficient (Wildman–Crippen LogP) is 5.44. The Hall–Kier alpha value is -1.45. The van der Waals surface area contributed by atoms with Gasteiger partial charge in [0.05, 0.1) is 17.3 Å². The van der Waals surface area contributed by atoms with Gasteiger partial charge in [-0.05, 0) is 81.0 Å². The molecule has 0 atom stereocenters. The summed E-state index contributed by atoms with van der Waals surface area (Å²) in [7, 11) is 1.63. The standard InChI is InChI=1S/C17H12BrIN2O2S/c1-23-15-7-4-11(8-13(15)18)14-9-24-17(20-14)21-16(22)10-2-5-12(19)6-3-10/h2-9H,1H3,(H,20,21,22). The summed E-state index contributed by atoms with van der Waals surface area (Å²) in [5.74, 6) is 0.601. The van der Waals surface area contributed by atoms with E-state index in [1.54, 1.807) is 19.2 Å². The Kier molecular flexibility index (Phi) is 5.52. The van der Waals surface area contributed by atoms with Crippen molar-refractivity contribution < 1.29 is 9.53 Å². The number of halogens is 2. The molecule has 1 aromatic heterocycles. The SMILES string of the molecule is COc1ccc(-c2csc(NC(=O)c3ccc(I)cc3)n2)cc1Br. The van der Waals surface area contributed by atoms with E-state index in [1.165, 1.54) is 11.3 Å². The summed E-state index contributed by atoms with van der Waals surface area (Å²) in [6.07, 6.45) is 0. The van der Waals surface area contributed by atoms with Gasteiger partial charge in [0.25, 0.3) is 5.91 Å². The molecule has 3 rings (SSSR count). The van der Waals surface area contributed by atoms with Crippen LogP contribution in [-0.2, 0) is 0 Å². The number of thiazole rings is 1. The highest BCUT2D eigenvalue weighted by atomic mass is 127. The maximum Gasteiger partial charge on any atom is 0.257 e. The number of hydrogen-bond donors (Lipinski definition) is 1. The first-order chi connectivity index (χ1) is 11.6. The molecule has 3 aromatic rings. The third-order valence-corrected chi connectivity index (χ3v) is 5.38. The minimum atomic E-state index is -0.164. The molecule has 0 saturated heterocycles. The van der Waals surface area contributed by atoms with Crippen molar-refractivity contribution in [3.05, 3.63) is 61.5 Å². The monoisotopic (exact) mass is 514 g/mol. The first-order valence-corrected chi connectivity index (χ1v) is 9.68. The Morgan fingerprint density at radius 2 is 2.00 bits per heavy atom. The topological polar surface area (TPSA) is 51.2 Å². The Morgan fingerprint density at radius 3 is 2.67 bits per heavy atom. The molecule has 0 spiro atoms. The molecule has 0 aliphatic heterocycles. The van der Waals surface area contributed by atoms with Crippen LogP contribution in [0.4, 0.5) is 5.13 Å². The molecule has 1 amide bonds. The van der Waals surface area contributed by atoms with Crippen molar-refractivity contribution in [1.29, 1.82) is 0 Å². The number of carbonyl (C=O) groups is 1. The highest BCUT2D eigenvalue weighted by molar-refractivity contribution is 14.1. The summed E-state index contributed by atoms with van der Waals surface area (Å²) in [6.45, 7) is 0. The van der Waals surface area contributed by atoms with Crippen molar-refractivity contribution in [1.82, 2.24) is 4.98 Å². The number of carbonyl (C=O) groups excluding carboxylic acids is 1. The van der Waals surface area contributed by atoms with Crippen molar-refractivity contribution in [2.75, 3.05) is 12.4 Å². The smallest absolute Gasteiger partial charge is 0.257 e. The van der Waals surface area contributed by atoms with Gasteiger partial charge in [0.2, 0.25) is 0 Å². The maximum atomic E-state index is 12.2. The second kappa shape index (κ2) is 7.62. The molecule has 1 heterocycles. The highest BCUT2D eigenvalue weighted by Crippen LogP contribution is 2.32. The Balaban J connectivity index is 1.77. The summed E-state index contributed by atoms with van der Waals surface area (Å²) in [5, 5.41) is 5.32. The van der Waals surface area contributed by atoms with E-state index in [0.29, 0.717) is 10.7 Å². The van der Waals surface area contributed by atoms with Crippen LogP contribution >= 0.6 is 49.9 Å². The molecule has 122 valence electrons. The zero-order valence-electron chi connectivity index (χ0n) is 12.5. The summed E-state index contributed by atoms with van der Waals surface area (Å²) >= 11 is 7.07. The summed E-state index contributed by atoms with van der Waals surface area (Å²) in [4.78, 5) is 16.7. The van der Waals surface area contributed by atoms with Gasteiger partial charge in [-0.1, -0.05) is 0 Å². The minimum Gasteiger partial charge on any atom is -0.496 e. The molecule has 2 aromatic carbocycles. The van der Waals surface area contributed by atoms with Crippen LogP contribution < -0.4 is 10.1 Å². The van der Waals surface area contributed by atoms with Crippen LogP contribution in [0.5, 0.6) is 5.75 Å². The fourth-order valence-corrected chi connectivity index (χ4v) is 3.67. The average molecular weight is 515 g/mol. The zero-order valence-corrected chi connectivity index (χ0v) is 17.1. The lowest BCUT2D eigenvalue weighted by atomic mass is 10.2. The molecule has 0 unspecified atom stereocenters.